The van der Waals surface area contributed by atoms with Crippen LogP contribution in [-0.2, 0) is 6.42 Å². The Morgan fingerprint density at radius 3 is 2.52 bits per heavy atom. The molecule has 110 valence electrons. The first-order valence-corrected chi connectivity index (χ1v) is 7.36. The number of ether oxygens (including phenoxy) is 1. The summed E-state index contributed by atoms with van der Waals surface area (Å²) in [6.07, 6.45) is 1.09. The van der Waals surface area contributed by atoms with Crippen LogP contribution in [0.5, 0.6) is 5.75 Å². The molecule has 1 aliphatic rings. The predicted molar refractivity (Wildman–Crippen MR) is 87.3 cm³/mol. The molecule has 0 aromatic heterocycles. The average Bonchev–Trinajstić information content (AvgIpc) is 2.54. The smallest absolute Gasteiger partial charge is 0.118 e. The van der Waals surface area contributed by atoms with Crippen LogP contribution in [-0.4, -0.2) is 27.7 Å². The van der Waals surface area contributed by atoms with E-state index in [1.807, 2.05) is 12.1 Å². The minimum atomic E-state index is 0.263. The molecule has 1 heterocycles. The van der Waals surface area contributed by atoms with Crippen molar-refractivity contribution in [1.82, 2.24) is 5.32 Å². The summed E-state index contributed by atoms with van der Waals surface area (Å²) in [5, 5.41) is 3.64. The highest BCUT2D eigenvalue weighted by Gasteiger charge is 2.21. The van der Waals surface area contributed by atoms with E-state index in [0.29, 0.717) is 0 Å². The normalized spacial score (nSPS) is 17.2. The van der Waals surface area contributed by atoms with Gasteiger partial charge >= 0.3 is 0 Å². The second kappa shape index (κ2) is 5.78. The quantitative estimate of drug-likeness (QED) is 0.936. The molecule has 3 nitrogen and oxygen atoms in total. The van der Waals surface area contributed by atoms with Gasteiger partial charge in [-0.3, -0.25) is 0 Å². The summed E-state index contributed by atoms with van der Waals surface area (Å²) < 4.78 is 5.25. The molecular weight excluding hydrogens is 260 g/mol. The lowest BCUT2D eigenvalue weighted by Crippen LogP contribution is -2.30. The van der Waals surface area contributed by atoms with Crippen LogP contribution in [0.15, 0.2) is 42.5 Å². The minimum Gasteiger partial charge on any atom is -0.497 e. The van der Waals surface area contributed by atoms with Crippen molar-refractivity contribution in [2.75, 3.05) is 32.6 Å². The number of nitrogens with one attached hydrogen (secondary N) is 1. The van der Waals surface area contributed by atoms with Gasteiger partial charge in [0, 0.05) is 26.3 Å². The Hall–Kier alpha value is -2.00. The molecule has 0 spiro atoms. The van der Waals surface area contributed by atoms with Crippen LogP contribution in [0.4, 0.5) is 5.69 Å². The third-order valence-corrected chi connectivity index (χ3v) is 4.15. The molecule has 3 heteroatoms. The van der Waals surface area contributed by atoms with Gasteiger partial charge in [0.1, 0.15) is 5.75 Å². The van der Waals surface area contributed by atoms with Gasteiger partial charge in [-0.15, -0.1) is 0 Å². The van der Waals surface area contributed by atoms with Crippen LogP contribution < -0.4 is 15.0 Å². The van der Waals surface area contributed by atoms with Crippen molar-refractivity contribution in [1.29, 1.82) is 0 Å². The van der Waals surface area contributed by atoms with Crippen molar-refractivity contribution in [3.8, 4) is 5.75 Å². The second-order valence-corrected chi connectivity index (χ2v) is 5.69. The highest BCUT2D eigenvalue weighted by Crippen LogP contribution is 2.32. The van der Waals surface area contributed by atoms with Gasteiger partial charge in [0.05, 0.1) is 13.2 Å². The zero-order chi connectivity index (χ0) is 14.8. The summed E-state index contributed by atoms with van der Waals surface area (Å²) in [6.45, 7) is 1.02. The summed E-state index contributed by atoms with van der Waals surface area (Å²) in [5.41, 5.74) is 5.36. The lowest BCUT2D eigenvalue weighted by Gasteiger charge is -2.29. The summed E-state index contributed by atoms with van der Waals surface area (Å²) >= 11 is 0. The van der Waals surface area contributed by atoms with Gasteiger partial charge in [0.2, 0.25) is 0 Å². The molecule has 0 saturated carbocycles. The van der Waals surface area contributed by atoms with E-state index in [1.54, 1.807) is 7.11 Å². The Labute approximate surface area is 126 Å². The van der Waals surface area contributed by atoms with Crippen molar-refractivity contribution in [2.45, 2.75) is 12.5 Å². The molecule has 2 aromatic rings. The van der Waals surface area contributed by atoms with Crippen LogP contribution >= 0.6 is 0 Å². The number of rotatable bonds is 3. The van der Waals surface area contributed by atoms with Crippen molar-refractivity contribution in [2.24, 2.45) is 0 Å². The third-order valence-electron chi connectivity index (χ3n) is 4.15. The van der Waals surface area contributed by atoms with E-state index in [9.17, 15) is 0 Å². The van der Waals surface area contributed by atoms with Crippen molar-refractivity contribution < 1.29 is 4.74 Å². The Morgan fingerprint density at radius 2 is 1.86 bits per heavy atom. The highest BCUT2D eigenvalue weighted by atomic mass is 16.5. The van der Waals surface area contributed by atoms with Gasteiger partial charge in [-0.1, -0.05) is 18.2 Å². The minimum absolute atomic E-state index is 0.263. The summed E-state index contributed by atoms with van der Waals surface area (Å²) in [6, 6.07) is 15.4. The fourth-order valence-electron chi connectivity index (χ4n) is 2.91. The zero-order valence-corrected chi connectivity index (χ0v) is 12.9. The van der Waals surface area contributed by atoms with Gasteiger partial charge < -0.3 is 15.0 Å². The molecule has 1 atom stereocenters. The summed E-state index contributed by atoms with van der Waals surface area (Å²) in [5.74, 6) is 0.900. The van der Waals surface area contributed by atoms with E-state index in [0.717, 1.165) is 18.7 Å². The second-order valence-electron chi connectivity index (χ2n) is 5.69. The Kier molecular flexibility index (Phi) is 3.84. The van der Waals surface area contributed by atoms with E-state index >= 15 is 0 Å². The van der Waals surface area contributed by atoms with E-state index in [1.165, 1.54) is 22.4 Å². The van der Waals surface area contributed by atoms with Crippen molar-refractivity contribution >= 4 is 5.69 Å². The van der Waals surface area contributed by atoms with Crippen LogP contribution in [0.2, 0.25) is 0 Å². The Bertz CT molecular complexity index is 620. The lowest BCUT2D eigenvalue weighted by atomic mass is 9.89. The van der Waals surface area contributed by atoms with Gasteiger partial charge in [-0.05, 0) is 47.4 Å². The summed E-state index contributed by atoms with van der Waals surface area (Å²) in [4.78, 5) is 2.15. The average molecular weight is 282 g/mol. The lowest BCUT2D eigenvalue weighted by molar-refractivity contribution is 0.414. The van der Waals surface area contributed by atoms with Crippen LogP contribution in [0, 0.1) is 0 Å². The van der Waals surface area contributed by atoms with Crippen molar-refractivity contribution in [3.05, 3.63) is 59.2 Å². The number of fused-ring (bicyclic) bond motifs is 1. The zero-order valence-electron chi connectivity index (χ0n) is 12.9. The first-order valence-electron chi connectivity index (χ1n) is 7.36. The van der Waals surface area contributed by atoms with Crippen molar-refractivity contribution in [3.63, 3.8) is 0 Å². The monoisotopic (exact) mass is 282 g/mol. The number of anilines is 1. The van der Waals surface area contributed by atoms with E-state index in [-0.39, 0.29) is 6.04 Å². The van der Waals surface area contributed by atoms with Gasteiger partial charge in [0.15, 0.2) is 0 Å². The summed E-state index contributed by atoms with van der Waals surface area (Å²) in [7, 11) is 5.87. The fraction of sp³-hybridized carbons (Fsp3) is 0.333. The van der Waals surface area contributed by atoms with E-state index in [4.69, 9.17) is 4.74 Å². The van der Waals surface area contributed by atoms with E-state index in [2.05, 4.69) is 54.6 Å². The molecule has 1 N–H and O–H groups in total. The molecule has 0 aliphatic carbocycles. The molecule has 0 amide bonds. The molecule has 0 radical (unpaired) electrons. The standard InChI is InChI=1S/C18H22N2O/c1-20(2)15-7-4-13-10-11-19-18(17(13)12-15)14-5-8-16(21-3)9-6-14/h4-9,12,18-19H,10-11H2,1-3H3. The fourth-order valence-corrected chi connectivity index (χ4v) is 2.91. The first kappa shape index (κ1) is 14.0. The predicted octanol–water partition coefficient (Wildman–Crippen LogP) is 3.00. The molecule has 3 rings (SSSR count). The number of hydrogen-bond donors (Lipinski definition) is 1. The largest absolute Gasteiger partial charge is 0.497 e. The number of methoxy groups -OCH3 is 1. The van der Waals surface area contributed by atoms with E-state index < -0.39 is 0 Å². The number of benzene rings is 2. The van der Waals surface area contributed by atoms with Crippen LogP contribution in [0.25, 0.3) is 0 Å². The Morgan fingerprint density at radius 1 is 1.10 bits per heavy atom. The molecule has 1 unspecified atom stereocenters. The van der Waals surface area contributed by atoms with Crippen LogP contribution in [0.3, 0.4) is 0 Å². The maximum Gasteiger partial charge on any atom is 0.118 e. The Balaban J connectivity index is 1.99. The molecular formula is C18H22N2O. The maximum atomic E-state index is 5.25. The topological polar surface area (TPSA) is 24.5 Å². The number of hydrogen-bond acceptors (Lipinski definition) is 3. The molecule has 0 bridgehead atoms. The van der Waals surface area contributed by atoms with Gasteiger partial charge in [-0.25, -0.2) is 0 Å². The molecule has 0 saturated heterocycles. The van der Waals surface area contributed by atoms with Gasteiger partial charge in [0.25, 0.3) is 0 Å². The molecule has 2 aromatic carbocycles. The number of nitrogens with zero attached hydrogens (tertiary/aromatic N) is 1. The third kappa shape index (κ3) is 2.74. The molecule has 1 aliphatic heterocycles. The molecule has 21 heavy (non-hydrogen) atoms. The van der Waals surface area contributed by atoms with Gasteiger partial charge in [-0.2, -0.15) is 0 Å². The van der Waals surface area contributed by atoms with Crippen LogP contribution in [0.1, 0.15) is 22.7 Å². The SMILES string of the molecule is COc1ccc(C2NCCc3ccc(N(C)C)cc32)cc1. The maximum absolute atomic E-state index is 5.25. The highest BCUT2D eigenvalue weighted by molar-refractivity contribution is 5.53. The first-order chi connectivity index (χ1) is 10.2. The molecule has 0 fully saturated rings.